The molecule has 0 saturated carbocycles. The number of ether oxygens (including phenoxy) is 1. The first-order chi connectivity index (χ1) is 5.54. The maximum atomic E-state index is 13.7. The summed E-state index contributed by atoms with van der Waals surface area (Å²) >= 11 is 0. The summed E-state index contributed by atoms with van der Waals surface area (Å²) in [7, 11) is 5.44. The van der Waals surface area contributed by atoms with Crippen molar-refractivity contribution in [3.63, 3.8) is 0 Å². The molecule has 0 bridgehead atoms. The fraction of sp³-hybridized carbons (Fsp3) is 1.00. The Morgan fingerprint density at radius 3 is 2.33 bits per heavy atom. The van der Waals surface area contributed by atoms with E-state index < -0.39 is 5.67 Å². The molecule has 0 aliphatic heterocycles. The molecule has 12 heavy (non-hydrogen) atoms. The third kappa shape index (κ3) is 4.67. The molecule has 0 saturated heterocycles. The van der Waals surface area contributed by atoms with Gasteiger partial charge < -0.3 is 9.64 Å². The molecule has 0 radical (unpaired) electrons. The van der Waals surface area contributed by atoms with Crippen molar-refractivity contribution in [1.82, 2.24) is 4.90 Å². The van der Waals surface area contributed by atoms with E-state index >= 15 is 0 Å². The minimum Gasteiger partial charge on any atom is -0.381 e. The lowest BCUT2D eigenvalue weighted by molar-refractivity contribution is 0.0266. The second-order valence-electron chi connectivity index (χ2n) is 3.49. The molecule has 0 aromatic rings. The normalized spacial score (nSPS) is 16.5. The fourth-order valence-corrected chi connectivity index (χ4v) is 1.03. The van der Waals surface area contributed by atoms with Crippen LogP contribution in [0.3, 0.4) is 0 Å². The molecular formula is C9H20FNO. The Balaban J connectivity index is 3.78. The van der Waals surface area contributed by atoms with Crippen LogP contribution in [0.25, 0.3) is 0 Å². The molecular weight excluding hydrogens is 157 g/mol. The number of alkyl halides is 1. The Kier molecular flexibility index (Phi) is 5.42. The van der Waals surface area contributed by atoms with Gasteiger partial charge in [0.2, 0.25) is 0 Å². The summed E-state index contributed by atoms with van der Waals surface area (Å²) in [6, 6.07) is 0. The first kappa shape index (κ1) is 11.8. The highest BCUT2D eigenvalue weighted by Crippen LogP contribution is 2.20. The lowest BCUT2D eigenvalue weighted by atomic mass is 10.00. The highest BCUT2D eigenvalue weighted by atomic mass is 19.1. The molecule has 0 aliphatic carbocycles. The van der Waals surface area contributed by atoms with Crippen LogP contribution in [0, 0.1) is 0 Å². The molecule has 1 unspecified atom stereocenters. The minimum atomic E-state index is -1.14. The zero-order chi connectivity index (χ0) is 9.61. The van der Waals surface area contributed by atoms with E-state index in [9.17, 15) is 4.39 Å². The Bertz CT molecular complexity index is 119. The number of methoxy groups -OCH3 is 1. The number of nitrogens with zero attached hydrogens (tertiary/aromatic N) is 1. The van der Waals surface area contributed by atoms with Gasteiger partial charge in [0.15, 0.2) is 0 Å². The van der Waals surface area contributed by atoms with Crippen molar-refractivity contribution in [1.29, 1.82) is 0 Å². The third-order valence-corrected chi connectivity index (χ3v) is 2.04. The van der Waals surface area contributed by atoms with Crippen LogP contribution in [0.15, 0.2) is 0 Å². The first-order valence-corrected chi connectivity index (χ1v) is 4.36. The summed E-state index contributed by atoms with van der Waals surface area (Å²) in [5.74, 6) is 0. The summed E-state index contributed by atoms with van der Waals surface area (Å²) in [4.78, 5) is 1.99. The van der Waals surface area contributed by atoms with Crippen LogP contribution in [0.2, 0.25) is 0 Å². The monoisotopic (exact) mass is 177 g/mol. The summed E-state index contributed by atoms with van der Waals surface area (Å²) in [5, 5.41) is 0. The zero-order valence-corrected chi connectivity index (χ0v) is 8.56. The molecule has 0 rings (SSSR count). The highest BCUT2D eigenvalue weighted by molar-refractivity contribution is 4.77. The Hall–Kier alpha value is -0.150. The highest BCUT2D eigenvalue weighted by Gasteiger charge is 2.26. The lowest BCUT2D eigenvalue weighted by Gasteiger charge is -2.24. The van der Waals surface area contributed by atoms with Crippen molar-refractivity contribution in [2.75, 3.05) is 34.4 Å². The van der Waals surface area contributed by atoms with Crippen LogP contribution in [-0.2, 0) is 4.74 Å². The second-order valence-corrected chi connectivity index (χ2v) is 3.49. The minimum absolute atomic E-state index is 0.206. The quantitative estimate of drug-likeness (QED) is 0.612. The first-order valence-electron chi connectivity index (χ1n) is 4.36. The molecule has 74 valence electrons. The van der Waals surface area contributed by atoms with Gasteiger partial charge in [-0.1, -0.05) is 6.92 Å². The summed E-state index contributed by atoms with van der Waals surface area (Å²) in [6.45, 7) is 2.83. The van der Waals surface area contributed by atoms with Crippen LogP contribution in [0.1, 0.15) is 19.8 Å². The smallest absolute Gasteiger partial charge is 0.135 e. The molecule has 1 atom stereocenters. The molecule has 2 nitrogen and oxygen atoms in total. The van der Waals surface area contributed by atoms with Gasteiger partial charge in [-0.15, -0.1) is 0 Å². The van der Waals surface area contributed by atoms with Crippen LogP contribution in [-0.4, -0.2) is 44.9 Å². The summed E-state index contributed by atoms with van der Waals surface area (Å²) in [6.07, 6.45) is 1.07. The number of hydrogen-bond acceptors (Lipinski definition) is 2. The molecule has 0 aliphatic rings. The zero-order valence-electron chi connectivity index (χ0n) is 8.56. The number of rotatable bonds is 6. The SMILES string of the molecule is CCC(F)(CCN(C)C)COC. The maximum absolute atomic E-state index is 13.7. The fourth-order valence-electron chi connectivity index (χ4n) is 1.03. The summed E-state index contributed by atoms with van der Waals surface area (Å²) in [5.41, 5.74) is -1.14. The van der Waals surface area contributed by atoms with Crippen LogP contribution < -0.4 is 0 Å². The molecule has 0 spiro atoms. The molecule has 0 N–H and O–H groups in total. The largest absolute Gasteiger partial charge is 0.381 e. The van der Waals surface area contributed by atoms with Gasteiger partial charge in [-0.2, -0.15) is 0 Å². The third-order valence-electron chi connectivity index (χ3n) is 2.04. The van der Waals surface area contributed by atoms with Gasteiger partial charge >= 0.3 is 0 Å². The van der Waals surface area contributed by atoms with Crippen LogP contribution in [0.5, 0.6) is 0 Å². The second kappa shape index (κ2) is 5.49. The predicted molar refractivity (Wildman–Crippen MR) is 49.2 cm³/mol. The Morgan fingerprint density at radius 2 is 2.00 bits per heavy atom. The van der Waals surface area contributed by atoms with Gasteiger partial charge in [0.25, 0.3) is 0 Å². The van der Waals surface area contributed by atoms with Crippen molar-refractivity contribution in [3.8, 4) is 0 Å². The van der Waals surface area contributed by atoms with Crippen molar-refractivity contribution in [3.05, 3.63) is 0 Å². The van der Waals surface area contributed by atoms with Crippen molar-refractivity contribution < 1.29 is 9.13 Å². The van der Waals surface area contributed by atoms with E-state index in [1.807, 2.05) is 25.9 Å². The van der Waals surface area contributed by atoms with Gasteiger partial charge in [0.05, 0.1) is 6.61 Å². The van der Waals surface area contributed by atoms with Crippen molar-refractivity contribution >= 4 is 0 Å². The average molecular weight is 177 g/mol. The Morgan fingerprint density at radius 1 is 1.42 bits per heavy atom. The molecule has 0 heterocycles. The van der Waals surface area contributed by atoms with Crippen LogP contribution in [0.4, 0.5) is 4.39 Å². The Labute approximate surface area is 74.7 Å². The molecule has 0 amide bonds. The van der Waals surface area contributed by atoms with E-state index in [1.54, 1.807) is 7.11 Å². The van der Waals surface area contributed by atoms with Gasteiger partial charge in [-0.25, -0.2) is 4.39 Å². The van der Waals surface area contributed by atoms with Gasteiger partial charge in [0, 0.05) is 13.7 Å². The van der Waals surface area contributed by atoms with Crippen LogP contribution >= 0.6 is 0 Å². The van der Waals surface area contributed by atoms with E-state index in [2.05, 4.69) is 0 Å². The van der Waals surface area contributed by atoms with E-state index in [1.165, 1.54) is 0 Å². The van der Waals surface area contributed by atoms with Crippen molar-refractivity contribution in [2.24, 2.45) is 0 Å². The maximum Gasteiger partial charge on any atom is 0.135 e. The van der Waals surface area contributed by atoms with Gasteiger partial charge in [-0.05, 0) is 26.9 Å². The summed E-state index contributed by atoms with van der Waals surface area (Å²) < 4.78 is 18.6. The topological polar surface area (TPSA) is 12.5 Å². The predicted octanol–water partition coefficient (Wildman–Crippen LogP) is 1.70. The molecule has 0 aromatic heterocycles. The molecule has 0 aromatic carbocycles. The van der Waals surface area contributed by atoms with E-state index in [0.717, 1.165) is 6.54 Å². The van der Waals surface area contributed by atoms with E-state index in [4.69, 9.17) is 4.74 Å². The average Bonchev–Trinajstić information content (AvgIpc) is 2.02. The molecule has 3 heteroatoms. The lowest BCUT2D eigenvalue weighted by Crippen LogP contribution is -2.32. The van der Waals surface area contributed by atoms with Gasteiger partial charge in [-0.3, -0.25) is 0 Å². The standard InChI is InChI=1S/C9H20FNO/c1-5-9(10,8-12-4)6-7-11(2)3/h5-8H2,1-4H3. The molecule has 0 fully saturated rings. The number of halogens is 1. The van der Waals surface area contributed by atoms with E-state index in [0.29, 0.717) is 12.8 Å². The van der Waals surface area contributed by atoms with E-state index in [-0.39, 0.29) is 6.61 Å². The van der Waals surface area contributed by atoms with Crippen molar-refractivity contribution in [2.45, 2.75) is 25.4 Å². The van der Waals surface area contributed by atoms with Gasteiger partial charge in [0.1, 0.15) is 5.67 Å². The number of hydrogen-bond donors (Lipinski definition) is 0.